The number of carbonyl (C=O) groups excluding carboxylic acids is 1. The fourth-order valence-corrected chi connectivity index (χ4v) is 4.47. The Morgan fingerprint density at radius 1 is 1.39 bits per heavy atom. The third kappa shape index (κ3) is 4.71. The molecule has 4 N–H and O–H groups in total. The van der Waals surface area contributed by atoms with Crippen molar-refractivity contribution in [1.82, 2.24) is 20.2 Å². The summed E-state index contributed by atoms with van der Waals surface area (Å²) in [5.41, 5.74) is 6.87. The van der Waals surface area contributed by atoms with Crippen LogP contribution in [-0.4, -0.2) is 54.6 Å². The molecule has 1 saturated heterocycles. The summed E-state index contributed by atoms with van der Waals surface area (Å²) >= 11 is 5.92. The first-order chi connectivity index (χ1) is 15.8. The second-order valence-corrected chi connectivity index (χ2v) is 8.78. The smallest absolute Gasteiger partial charge is 0.226 e. The number of hydrogen-bond donors (Lipinski definition) is 3. The standard InChI is InChI=1S/C23H26ClFN6O2/c1-31(12-23(22(26)32)6-7-27-11-23)10-14-8-15-18(9-19(14)33-2)28-13-29-21(15)30-17-5-3-4-16(24)20(17)25/h3-5,8-9,13,27H,6-7,10-12H2,1-2H3,(H2,26,32)(H,28,29,30). The number of aromatic nitrogens is 2. The van der Waals surface area contributed by atoms with Crippen LogP contribution in [0.3, 0.4) is 0 Å². The number of nitrogens with two attached hydrogens (primary N) is 1. The van der Waals surface area contributed by atoms with Crippen LogP contribution in [-0.2, 0) is 11.3 Å². The van der Waals surface area contributed by atoms with Crippen molar-refractivity contribution in [3.05, 3.63) is 53.1 Å². The number of rotatable bonds is 8. The number of carbonyl (C=O) groups is 1. The molecule has 1 atom stereocenters. The van der Waals surface area contributed by atoms with Gasteiger partial charge >= 0.3 is 0 Å². The van der Waals surface area contributed by atoms with Gasteiger partial charge < -0.3 is 26.0 Å². The van der Waals surface area contributed by atoms with Crippen molar-refractivity contribution in [2.75, 3.05) is 39.1 Å². The van der Waals surface area contributed by atoms with E-state index in [0.29, 0.717) is 48.5 Å². The Hall–Kier alpha value is -3.01. The molecule has 1 amide bonds. The van der Waals surface area contributed by atoms with Crippen LogP contribution in [0.2, 0.25) is 5.02 Å². The highest BCUT2D eigenvalue weighted by Gasteiger charge is 2.40. The first-order valence-electron chi connectivity index (χ1n) is 10.5. The van der Waals surface area contributed by atoms with Gasteiger partial charge in [0.15, 0.2) is 5.82 Å². The normalized spacial score (nSPS) is 18.1. The third-order valence-corrected chi connectivity index (χ3v) is 6.31. The van der Waals surface area contributed by atoms with E-state index in [1.165, 1.54) is 12.4 Å². The number of fused-ring (bicyclic) bond motifs is 1. The Labute approximate surface area is 196 Å². The lowest BCUT2D eigenvalue weighted by molar-refractivity contribution is -0.127. The number of methoxy groups -OCH3 is 1. The summed E-state index contributed by atoms with van der Waals surface area (Å²) in [6.45, 7) is 2.35. The fourth-order valence-electron chi connectivity index (χ4n) is 4.30. The van der Waals surface area contributed by atoms with E-state index < -0.39 is 11.2 Å². The van der Waals surface area contributed by atoms with Crippen LogP contribution < -0.4 is 21.1 Å². The quantitative estimate of drug-likeness (QED) is 0.462. The van der Waals surface area contributed by atoms with Gasteiger partial charge in [-0.3, -0.25) is 4.79 Å². The van der Waals surface area contributed by atoms with Gasteiger partial charge in [0.05, 0.1) is 28.8 Å². The maximum atomic E-state index is 14.4. The molecule has 8 nitrogen and oxygen atoms in total. The highest BCUT2D eigenvalue weighted by molar-refractivity contribution is 6.31. The van der Waals surface area contributed by atoms with Crippen LogP contribution in [0, 0.1) is 11.2 Å². The van der Waals surface area contributed by atoms with E-state index in [1.54, 1.807) is 19.2 Å². The summed E-state index contributed by atoms with van der Waals surface area (Å²) in [6.07, 6.45) is 2.11. The summed E-state index contributed by atoms with van der Waals surface area (Å²) in [7, 11) is 3.53. The first kappa shape index (κ1) is 23.2. The number of anilines is 2. The third-order valence-electron chi connectivity index (χ3n) is 6.02. The van der Waals surface area contributed by atoms with E-state index in [9.17, 15) is 9.18 Å². The molecule has 10 heteroatoms. The summed E-state index contributed by atoms with van der Waals surface area (Å²) < 4.78 is 20.0. The van der Waals surface area contributed by atoms with E-state index in [-0.39, 0.29) is 16.6 Å². The summed E-state index contributed by atoms with van der Waals surface area (Å²) in [5.74, 6) is 0.251. The van der Waals surface area contributed by atoms with Gasteiger partial charge in [-0.1, -0.05) is 17.7 Å². The van der Waals surface area contributed by atoms with Gasteiger partial charge in [0.2, 0.25) is 5.91 Å². The van der Waals surface area contributed by atoms with Crippen molar-refractivity contribution in [1.29, 1.82) is 0 Å². The molecule has 1 aromatic heterocycles. The number of ether oxygens (including phenoxy) is 1. The predicted octanol–water partition coefficient (Wildman–Crippen LogP) is 3.07. The Kier molecular flexibility index (Phi) is 6.64. The first-order valence-corrected chi connectivity index (χ1v) is 10.9. The molecule has 4 rings (SSSR count). The minimum Gasteiger partial charge on any atom is -0.496 e. The molecule has 3 aromatic rings. The van der Waals surface area contributed by atoms with Crippen LogP contribution in [0.25, 0.3) is 10.9 Å². The zero-order chi connectivity index (χ0) is 23.6. The lowest BCUT2D eigenvalue weighted by Gasteiger charge is -2.30. The predicted molar refractivity (Wildman–Crippen MR) is 126 cm³/mol. The molecule has 1 aliphatic heterocycles. The molecule has 0 aliphatic carbocycles. The van der Waals surface area contributed by atoms with Gasteiger partial charge in [-0.2, -0.15) is 0 Å². The van der Waals surface area contributed by atoms with Gasteiger partial charge in [-0.05, 0) is 38.2 Å². The monoisotopic (exact) mass is 472 g/mol. The molecule has 2 aromatic carbocycles. The number of nitrogens with zero attached hydrogens (tertiary/aromatic N) is 3. The molecule has 0 spiro atoms. The van der Waals surface area contributed by atoms with Gasteiger partial charge in [0.25, 0.3) is 0 Å². The average Bonchev–Trinajstić information content (AvgIpc) is 3.26. The number of nitrogens with one attached hydrogen (secondary N) is 2. The molecule has 0 saturated carbocycles. The Morgan fingerprint density at radius 3 is 2.91 bits per heavy atom. The van der Waals surface area contributed by atoms with Crippen molar-refractivity contribution in [2.45, 2.75) is 13.0 Å². The molecule has 1 fully saturated rings. The maximum absolute atomic E-state index is 14.4. The maximum Gasteiger partial charge on any atom is 0.226 e. The van der Waals surface area contributed by atoms with Crippen LogP contribution in [0.5, 0.6) is 5.75 Å². The SMILES string of the molecule is COc1cc2ncnc(Nc3cccc(Cl)c3F)c2cc1CN(C)CC1(C(N)=O)CCNC1. The molecule has 1 aliphatic rings. The summed E-state index contributed by atoms with van der Waals surface area (Å²) in [5, 5.41) is 6.97. The molecule has 1 unspecified atom stereocenters. The Bertz CT molecular complexity index is 1190. The van der Waals surface area contributed by atoms with E-state index in [1.807, 2.05) is 19.2 Å². The lowest BCUT2D eigenvalue weighted by atomic mass is 9.85. The van der Waals surface area contributed by atoms with Crippen molar-refractivity contribution >= 4 is 39.9 Å². The number of hydrogen-bond acceptors (Lipinski definition) is 7. The zero-order valence-electron chi connectivity index (χ0n) is 18.5. The van der Waals surface area contributed by atoms with Crippen LogP contribution in [0.1, 0.15) is 12.0 Å². The lowest BCUT2D eigenvalue weighted by Crippen LogP contribution is -2.46. The highest BCUT2D eigenvalue weighted by Crippen LogP contribution is 2.33. The van der Waals surface area contributed by atoms with Gasteiger partial charge in [-0.15, -0.1) is 0 Å². The summed E-state index contributed by atoms with van der Waals surface area (Å²) in [4.78, 5) is 22.8. The summed E-state index contributed by atoms with van der Waals surface area (Å²) in [6, 6.07) is 8.47. The molecule has 174 valence electrons. The van der Waals surface area contributed by atoms with Crippen molar-refractivity contribution in [3.8, 4) is 5.75 Å². The molecule has 2 heterocycles. The van der Waals surface area contributed by atoms with Gasteiger partial charge in [0.1, 0.15) is 17.9 Å². The topological polar surface area (TPSA) is 105 Å². The van der Waals surface area contributed by atoms with E-state index in [2.05, 4.69) is 25.5 Å². The van der Waals surface area contributed by atoms with Gasteiger partial charge in [0, 0.05) is 36.7 Å². The van der Waals surface area contributed by atoms with Gasteiger partial charge in [-0.25, -0.2) is 14.4 Å². The van der Waals surface area contributed by atoms with Crippen molar-refractivity contribution in [2.24, 2.45) is 11.1 Å². The average molecular weight is 473 g/mol. The molecule has 0 radical (unpaired) electrons. The minimum absolute atomic E-state index is 0.0205. The largest absolute Gasteiger partial charge is 0.496 e. The van der Waals surface area contributed by atoms with E-state index in [0.717, 1.165) is 12.1 Å². The molecular weight excluding hydrogens is 447 g/mol. The number of halogens is 2. The number of benzene rings is 2. The number of primary amides is 1. The fraction of sp³-hybridized carbons (Fsp3) is 0.348. The van der Waals surface area contributed by atoms with Crippen LogP contribution in [0.15, 0.2) is 36.7 Å². The van der Waals surface area contributed by atoms with E-state index in [4.69, 9.17) is 22.1 Å². The molecule has 0 bridgehead atoms. The highest BCUT2D eigenvalue weighted by atomic mass is 35.5. The van der Waals surface area contributed by atoms with Crippen molar-refractivity contribution < 1.29 is 13.9 Å². The van der Waals surface area contributed by atoms with Crippen LogP contribution in [0.4, 0.5) is 15.9 Å². The van der Waals surface area contributed by atoms with Crippen molar-refractivity contribution in [3.63, 3.8) is 0 Å². The number of amides is 1. The Morgan fingerprint density at radius 2 is 2.21 bits per heavy atom. The minimum atomic E-state index is -0.598. The zero-order valence-corrected chi connectivity index (χ0v) is 19.2. The van der Waals surface area contributed by atoms with E-state index >= 15 is 0 Å². The Balaban J connectivity index is 1.66. The second kappa shape index (κ2) is 9.46. The molecular formula is C23H26ClFN6O2. The van der Waals surface area contributed by atoms with Crippen LogP contribution >= 0.6 is 11.6 Å². The second-order valence-electron chi connectivity index (χ2n) is 8.37. The molecule has 33 heavy (non-hydrogen) atoms.